The van der Waals surface area contributed by atoms with E-state index in [9.17, 15) is 26.8 Å². The summed E-state index contributed by atoms with van der Waals surface area (Å²) < 4.78 is 58.4. The molecule has 30 heavy (non-hydrogen) atoms. The van der Waals surface area contributed by atoms with E-state index in [1.54, 1.807) is 6.92 Å². The SMILES string of the molecule is CCOC(=O)c1csc(NC(=O)C2CCN(S(=O)(=O)c3cc(F)ccc3F)CC2)n1. The molecule has 0 unspecified atom stereocenters. The summed E-state index contributed by atoms with van der Waals surface area (Å²) in [5, 5.41) is 4.32. The Balaban J connectivity index is 1.60. The van der Waals surface area contributed by atoms with E-state index >= 15 is 0 Å². The lowest BCUT2D eigenvalue weighted by Crippen LogP contribution is -2.41. The molecule has 0 aliphatic carbocycles. The molecule has 162 valence electrons. The third kappa shape index (κ3) is 4.82. The van der Waals surface area contributed by atoms with Crippen molar-refractivity contribution in [3.8, 4) is 0 Å². The van der Waals surface area contributed by atoms with E-state index < -0.39 is 38.4 Å². The smallest absolute Gasteiger partial charge is 0.357 e. The lowest BCUT2D eigenvalue weighted by atomic mass is 9.97. The maximum Gasteiger partial charge on any atom is 0.357 e. The number of thiazole rings is 1. The van der Waals surface area contributed by atoms with Gasteiger partial charge in [-0.2, -0.15) is 4.31 Å². The summed E-state index contributed by atoms with van der Waals surface area (Å²) in [6, 6.07) is 2.25. The van der Waals surface area contributed by atoms with Crippen LogP contribution in [0.3, 0.4) is 0 Å². The first-order valence-corrected chi connectivity index (χ1v) is 11.4. The Kier molecular flexibility index (Phi) is 6.78. The molecule has 0 atom stereocenters. The third-order valence-electron chi connectivity index (χ3n) is 4.55. The Morgan fingerprint density at radius 1 is 1.30 bits per heavy atom. The van der Waals surface area contributed by atoms with Gasteiger partial charge in [-0.25, -0.2) is 27.0 Å². The first-order chi connectivity index (χ1) is 14.2. The van der Waals surface area contributed by atoms with Crippen molar-refractivity contribution in [1.82, 2.24) is 9.29 Å². The number of sulfonamides is 1. The first-order valence-electron chi connectivity index (χ1n) is 9.11. The van der Waals surface area contributed by atoms with Crippen LogP contribution >= 0.6 is 11.3 Å². The fourth-order valence-electron chi connectivity index (χ4n) is 3.01. The zero-order chi connectivity index (χ0) is 21.9. The van der Waals surface area contributed by atoms with E-state index in [-0.39, 0.29) is 49.3 Å². The molecule has 12 heteroatoms. The van der Waals surface area contributed by atoms with Crippen LogP contribution in [0, 0.1) is 17.6 Å². The molecule has 1 aliphatic heterocycles. The van der Waals surface area contributed by atoms with Gasteiger partial charge in [-0.1, -0.05) is 0 Å². The predicted octanol–water partition coefficient (Wildman–Crippen LogP) is 2.64. The first kappa shape index (κ1) is 22.2. The van der Waals surface area contributed by atoms with E-state index in [0.717, 1.165) is 27.8 Å². The molecule has 0 saturated carbocycles. The Bertz CT molecular complexity index is 1050. The van der Waals surface area contributed by atoms with Gasteiger partial charge in [0.25, 0.3) is 0 Å². The highest BCUT2D eigenvalue weighted by atomic mass is 32.2. The summed E-state index contributed by atoms with van der Waals surface area (Å²) in [5.41, 5.74) is 0.0928. The molecule has 1 aliphatic rings. The van der Waals surface area contributed by atoms with Crippen molar-refractivity contribution in [3.63, 3.8) is 0 Å². The second-order valence-corrected chi connectivity index (χ2v) is 9.27. The highest BCUT2D eigenvalue weighted by Gasteiger charge is 2.34. The van der Waals surface area contributed by atoms with Crippen LogP contribution in [-0.4, -0.2) is 49.3 Å². The second-order valence-electron chi connectivity index (χ2n) is 6.50. The number of carbonyl (C=O) groups excluding carboxylic acids is 2. The molecule has 0 radical (unpaired) electrons. The summed E-state index contributed by atoms with van der Waals surface area (Å²) in [5.74, 6) is -3.30. The molecule has 1 aromatic carbocycles. The zero-order valence-electron chi connectivity index (χ0n) is 15.9. The normalized spacial score (nSPS) is 15.7. The van der Waals surface area contributed by atoms with Crippen LogP contribution in [0.5, 0.6) is 0 Å². The molecule has 0 spiro atoms. The maximum absolute atomic E-state index is 13.9. The molecule has 0 bridgehead atoms. The fourth-order valence-corrected chi connectivity index (χ4v) is 5.24. The van der Waals surface area contributed by atoms with Gasteiger partial charge in [-0.3, -0.25) is 4.79 Å². The molecule has 2 aromatic rings. The lowest BCUT2D eigenvalue weighted by Gasteiger charge is -2.30. The molecule has 1 amide bonds. The lowest BCUT2D eigenvalue weighted by molar-refractivity contribution is -0.120. The van der Waals surface area contributed by atoms with Crippen molar-refractivity contribution < 1.29 is 31.5 Å². The number of piperidine rings is 1. The Morgan fingerprint density at radius 2 is 2.00 bits per heavy atom. The quantitative estimate of drug-likeness (QED) is 0.666. The highest BCUT2D eigenvalue weighted by molar-refractivity contribution is 7.89. The van der Waals surface area contributed by atoms with Gasteiger partial charge in [0.2, 0.25) is 15.9 Å². The van der Waals surface area contributed by atoms with Crippen molar-refractivity contribution in [1.29, 1.82) is 0 Å². The molecule has 1 N–H and O–H groups in total. The molecular formula is C18H19F2N3O5S2. The van der Waals surface area contributed by atoms with Crippen LogP contribution in [0.15, 0.2) is 28.5 Å². The van der Waals surface area contributed by atoms with Crippen molar-refractivity contribution in [2.24, 2.45) is 5.92 Å². The molecule has 1 fully saturated rings. The molecule has 1 aromatic heterocycles. The zero-order valence-corrected chi connectivity index (χ0v) is 17.6. The minimum Gasteiger partial charge on any atom is -0.461 e. The van der Waals surface area contributed by atoms with Crippen molar-refractivity contribution in [2.45, 2.75) is 24.7 Å². The summed E-state index contributed by atoms with van der Waals surface area (Å²) in [7, 11) is -4.21. The maximum atomic E-state index is 13.9. The molecule has 1 saturated heterocycles. The number of carbonyl (C=O) groups is 2. The second kappa shape index (κ2) is 9.14. The van der Waals surface area contributed by atoms with Crippen LogP contribution in [0.1, 0.15) is 30.3 Å². The van der Waals surface area contributed by atoms with Gasteiger partial charge in [-0.05, 0) is 38.0 Å². The van der Waals surface area contributed by atoms with Gasteiger partial charge < -0.3 is 10.1 Å². The van der Waals surface area contributed by atoms with E-state index in [0.29, 0.717) is 6.07 Å². The van der Waals surface area contributed by atoms with Gasteiger partial charge in [-0.15, -0.1) is 11.3 Å². The Morgan fingerprint density at radius 3 is 2.67 bits per heavy atom. The van der Waals surface area contributed by atoms with Crippen LogP contribution in [0.25, 0.3) is 0 Å². The van der Waals surface area contributed by atoms with Gasteiger partial charge in [0.1, 0.15) is 16.5 Å². The summed E-state index contributed by atoms with van der Waals surface area (Å²) in [4.78, 5) is 27.4. The number of halogens is 2. The Hall–Kier alpha value is -2.44. The van der Waals surface area contributed by atoms with Gasteiger partial charge in [0.05, 0.1) is 6.61 Å². The van der Waals surface area contributed by atoms with E-state index in [4.69, 9.17) is 4.74 Å². The van der Waals surface area contributed by atoms with Crippen molar-refractivity contribution in [2.75, 3.05) is 25.0 Å². The largest absolute Gasteiger partial charge is 0.461 e. The monoisotopic (exact) mass is 459 g/mol. The molecule has 3 rings (SSSR count). The number of aromatic nitrogens is 1. The van der Waals surface area contributed by atoms with E-state index in [1.165, 1.54) is 5.38 Å². The standard InChI is InChI=1S/C18H19F2N3O5S2/c1-2-28-17(25)14-10-29-18(21-14)22-16(24)11-5-7-23(8-6-11)30(26,27)15-9-12(19)3-4-13(15)20/h3-4,9-11H,2,5-8H2,1H3,(H,21,22,24). The Labute approximate surface area is 175 Å². The average molecular weight is 459 g/mol. The van der Waals surface area contributed by atoms with Crippen LogP contribution in [0.2, 0.25) is 0 Å². The topological polar surface area (TPSA) is 106 Å². The average Bonchev–Trinajstić information content (AvgIpc) is 3.18. The predicted molar refractivity (Wildman–Crippen MR) is 105 cm³/mol. The minimum atomic E-state index is -4.21. The number of esters is 1. The van der Waals surface area contributed by atoms with Gasteiger partial charge in [0, 0.05) is 24.4 Å². The third-order valence-corrected chi connectivity index (χ3v) is 7.23. The van der Waals surface area contributed by atoms with Gasteiger partial charge in [0.15, 0.2) is 10.8 Å². The minimum absolute atomic E-state index is 0.0116. The highest BCUT2D eigenvalue weighted by Crippen LogP contribution is 2.27. The van der Waals surface area contributed by atoms with Crippen LogP contribution < -0.4 is 5.32 Å². The molecular weight excluding hydrogens is 440 g/mol. The molecule has 8 nitrogen and oxygen atoms in total. The number of rotatable bonds is 6. The fraction of sp³-hybridized carbons (Fsp3) is 0.389. The summed E-state index contributed by atoms with van der Waals surface area (Å²) >= 11 is 1.07. The van der Waals surface area contributed by atoms with E-state index in [2.05, 4.69) is 10.3 Å². The number of amides is 1. The van der Waals surface area contributed by atoms with Crippen molar-refractivity contribution >= 4 is 38.4 Å². The number of nitrogens with zero attached hydrogens (tertiary/aromatic N) is 2. The molecule has 2 heterocycles. The van der Waals surface area contributed by atoms with E-state index in [1.807, 2.05) is 0 Å². The number of hydrogen-bond acceptors (Lipinski definition) is 7. The summed E-state index contributed by atoms with van der Waals surface area (Å²) in [6.07, 6.45) is 0.413. The number of nitrogens with one attached hydrogen (secondary N) is 1. The van der Waals surface area contributed by atoms with Gasteiger partial charge >= 0.3 is 5.97 Å². The van der Waals surface area contributed by atoms with Crippen molar-refractivity contribution in [3.05, 3.63) is 40.9 Å². The number of anilines is 1. The number of hydrogen-bond donors (Lipinski definition) is 1. The van der Waals surface area contributed by atoms with Crippen LogP contribution in [0.4, 0.5) is 13.9 Å². The number of ether oxygens (including phenoxy) is 1. The summed E-state index contributed by atoms with van der Waals surface area (Å²) in [6.45, 7) is 1.85. The number of benzene rings is 1. The van der Waals surface area contributed by atoms with Crippen LogP contribution in [-0.2, 0) is 19.6 Å².